The van der Waals surface area contributed by atoms with E-state index in [-0.39, 0.29) is 5.95 Å². The van der Waals surface area contributed by atoms with Gasteiger partial charge in [0, 0.05) is 18.5 Å². The van der Waals surface area contributed by atoms with Crippen molar-refractivity contribution in [2.24, 2.45) is 10.2 Å². The Morgan fingerprint density at radius 3 is 1.59 bits per heavy atom. The maximum absolute atomic E-state index is 5.74. The second-order valence-corrected chi connectivity index (χ2v) is 5.82. The van der Waals surface area contributed by atoms with Crippen molar-refractivity contribution >= 4 is 42.2 Å². The average molecular weight is 383 g/mol. The number of anilines is 3. The van der Waals surface area contributed by atoms with E-state index in [1.54, 1.807) is 18.5 Å². The first-order valence-corrected chi connectivity index (χ1v) is 8.96. The van der Waals surface area contributed by atoms with Crippen LogP contribution in [0.4, 0.5) is 17.6 Å². The van der Waals surface area contributed by atoms with Crippen LogP contribution in [0.2, 0.25) is 0 Å². The van der Waals surface area contributed by atoms with Crippen molar-refractivity contribution in [1.82, 2.24) is 9.97 Å². The van der Waals surface area contributed by atoms with Crippen LogP contribution >= 0.6 is 0 Å². The SMILES string of the molecule is Nc1nc(NN=CC=Cc2ccccc2)cc(NN=CC=Cc2ccccc2)n1. The number of rotatable bonds is 8. The lowest BCUT2D eigenvalue weighted by molar-refractivity contribution is 1.13. The molecule has 0 radical (unpaired) electrons. The van der Waals surface area contributed by atoms with Crippen molar-refractivity contribution in [2.75, 3.05) is 16.6 Å². The summed E-state index contributed by atoms with van der Waals surface area (Å²) in [5.74, 6) is 1.03. The topological polar surface area (TPSA) is 101 Å². The second kappa shape index (κ2) is 10.8. The summed E-state index contributed by atoms with van der Waals surface area (Å²) in [7, 11) is 0. The van der Waals surface area contributed by atoms with Crippen LogP contribution < -0.4 is 16.6 Å². The van der Waals surface area contributed by atoms with E-state index in [0.717, 1.165) is 11.1 Å². The predicted molar refractivity (Wildman–Crippen MR) is 122 cm³/mol. The monoisotopic (exact) mass is 383 g/mol. The van der Waals surface area contributed by atoms with Gasteiger partial charge in [0.15, 0.2) is 11.6 Å². The van der Waals surface area contributed by atoms with Crippen LogP contribution in [0.15, 0.2) is 89.1 Å². The summed E-state index contributed by atoms with van der Waals surface area (Å²) < 4.78 is 0. The molecule has 3 aromatic rings. The number of nitrogen functional groups attached to an aromatic ring is 1. The largest absolute Gasteiger partial charge is 0.368 e. The van der Waals surface area contributed by atoms with Gasteiger partial charge in [0.1, 0.15) is 0 Å². The number of aromatic nitrogens is 2. The van der Waals surface area contributed by atoms with Crippen molar-refractivity contribution in [1.29, 1.82) is 0 Å². The molecule has 0 bridgehead atoms. The number of hydrogen-bond donors (Lipinski definition) is 3. The fourth-order valence-electron chi connectivity index (χ4n) is 2.31. The van der Waals surface area contributed by atoms with Crippen LogP contribution in [-0.4, -0.2) is 22.4 Å². The van der Waals surface area contributed by atoms with E-state index in [4.69, 9.17) is 5.73 Å². The molecule has 0 unspecified atom stereocenters. The first kappa shape index (κ1) is 19.5. The number of benzene rings is 2. The van der Waals surface area contributed by atoms with Gasteiger partial charge in [0.25, 0.3) is 0 Å². The van der Waals surface area contributed by atoms with Crippen molar-refractivity contribution in [2.45, 2.75) is 0 Å². The molecule has 4 N–H and O–H groups in total. The summed E-state index contributed by atoms with van der Waals surface area (Å²) in [6.45, 7) is 0. The number of allylic oxidation sites excluding steroid dienone is 2. The van der Waals surface area contributed by atoms with Gasteiger partial charge in [0.05, 0.1) is 0 Å². The molecule has 0 aliphatic heterocycles. The highest BCUT2D eigenvalue weighted by Gasteiger charge is 2.00. The molecule has 0 aliphatic carbocycles. The van der Waals surface area contributed by atoms with Crippen LogP contribution in [0.1, 0.15) is 11.1 Å². The summed E-state index contributed by atoms with van der Waals surface area (Å²) in [5, 5.41) is 8.19. The van der Waals surface area contributed by atoms with E-state index in [1.807, 2.05) is 85.0 Å². The smallest absolute Gasteiger partial charge is 0.224 e. The maximum Gasteiger partial charge on any atom is 0.224 e. The fourth-order valence-corrected chi connectivity index (χ4v) is 2.31. The van der Waals surface area contributed by atoms with Crippen LogP contribution in [-0.2, 0) is 0 Å². The van der Waals surface area contributed by atoms with Crippen molar-refractivity contribution in [3.63, 3.8) is 0 Å². The third-order valence-corrected chi connectivity index (χ3v) is 3.60. The summed E-state index contributed by atoms with van der Waals surface area (Å²) >= 11 is 0. The molecule has 2 aromatic carbocycles. The van der Waals surface area contributed by atoms with Crippen LogP contribution in [0.5, 0.6) is 0 Å². The zero-order valence-electron chi connectivity index (χ0n) is 15.7. The third-order valence-electron chi connectivity index (χ3n) is 3.60. The first-order valence-electron chi connectivity index (χ1n) is 8.96. The Morgan fingerprint density at radius 1 is 0.690 bits per heavy atom. The standard InChI is InChI=1S/C22H21N7/c23-22-26-20(28-24-15-7-13-18-9-3-1-4-10-18)17-21(27-22)29-25-16-8-14-19-11-5-2-6-12-19/h1-17H,(H4,23,26,27,28,29). The second-order valence-electron chi connectivity index (χ2n) is 5.82. The molecule has 29 heavy (non-hydrogen) atoms. The van der Waals surface area contributed by atoms with Gasteiger partial charge < -0.3 is 5.73 Å². The van der Waals surface area contributed by atoms with Gasteiger partial charge in [-0.3, -0.25) is 10.9 Å². The lowest BCUT2D eigenvalue weighted by Crippen LogP contribution is -2.02. The minimum absolute atomic E-state index is 0.113. The lowest BCUT2D eigenvalue weighted by Gasteiger charge is -2.03. The van der Waals surface area contributed by atoms with E-state index in [2.05, 4.69) is 31.0 Å². The lowest BCUT2D eigenvalue weighted by atomic mass is 10.2. The summed E-state index contributed by atoms with van der Waals surface area (Å²) in [6, 6.07) is 21.6. The highest BCUT2D eigenvalue weighted by molar-refractivity contribution is 5.79. The fraction of sp³-hybridized carbons (Fsp3) is 0. The molecule has 0 spiro atoms. The zero-order chi connectivity index (χ0) is 20.2. The summed E-state index contributed by atoms with van der Waals surface area (Å²) in [4.78, 5) is 8.17. The molecule has 144 valence electrons. The van der Waals surface area contributed by atoms with Gasteiger partial charge in [-0.25, -0.2) is 0 Å². The molecule has 0 saturated heterocycles. The van der Waals surface area contributed by atoms with Crippen molar-refractivity contribution in [3.8, 4) is 0 Å². The Labute approximate surface area is 169 Å². The Bertz CT molecular complexity index is 930. The van der Waals surface area contributed by atoms with E-state index in [0.29, 0.717) is 11.6 Å². The molecule has 0 saturated carbocycles. The molecule has 7 heteroatoms. The van der Waals surface area contributed by atoms with Crippen LogP contribution in [0.25, 0.3) is 12.2 Å². The summed E-state index contributed by atoms with van der Waals surface area (Å²) in [5.41, 5.74) is 13.6. The van der Waals surface area contributed by atoms with E-state index < -0.39 is 0 Å². The maximum atomic E-state index is 5.74. The van der Waals surface area contributed by atoms with Crippen LogP contribution in [0, 0.1) is 0 Å². The molecule has 0 atom stereocenters. The Balaban J connectivity index is 1.52. The number of nitrogens with zero attached hydrogens (tertiary/aromatic N) is 4. The predicted octanol–water partition coefficient (Wildman–Crippen LogP) is 4.28. The van der Waals surface area contributed by atoms with Crippen molar-refractivity contribution in [3.05, 3.63) is 90.0 Å². The molecule has 1 aromatic heterocycles. The van der Waals surface area contributed by atoms with Gasteiger partial charge in [-0.05, 0) is 23.3 Å². The minimum Gasteiger partial charge on any atom is -0.368 e. The van der Waals surface area contributed by atoms with Gasteiger partial charge in [-0.1, -0.05) is 72.8 Å². The molecule has 7 nitrogen and oxygen atoms in total. The third kappa shape index (κ3) is 7.10. The summed E-state index contributed by atoms with van der Waals surface area (Å²) in [6.07, 6.45) is 10.8. The number of hydrazone groups is 2. The molecular formula is C22H21N7. The number of hydrogen-bond acceptors (Lipinski definition) is 7. The quantitative estimate of drug-likeness (QED) is 0.398. The van der Waals surface area contributed by atoms with Gasteiger partial charge in [-0.2, -0.15) is 20.2 Å². The normalized spacial score (nSPS) is 11.7. The zero-order valence-corrected chi connectivity index (χ0v) is 15.7. The van der Waals surface area contributed by atoms with Crippen molar-refractivity contribution < 1.29 is 0 Å². The highest BCUT2D eigenvalue weighted by atomic mass is 15.3. The van der Waals surface area contributed by atoms with Gasteiger partial charge >= 0.3 is 0 Å². The molecular weight excluding hydrogens is 362 g/mol. The number of nitrogens with two attached hydrogens (primary N) is 1. The molecule has 0 fully saturated rings. The number of nitrogens with one attached hydrogen (secondary N) is 2. The molecule has 1 heterocycles. The Morgan fingerprint density at radius 2 is 1.14 bits per heavy atom. The van der Waals surface area contributed by atoms with Gasteiger partial charge in [0.2, 0.25) is 5.95 Å². The Kier molecular flexibility index (Phi) is 7.25. The van der Waals surface area contributed by atoms with E-state index in [9.17, 15) is 0 Å². The molecule has 3 rings (SSSR count). The van der Waals surface area contributed by atoms with E-state index in [1.165, 1.54) is 0 Å². The van der Waals surface area contributed by atoms with Crippen LogP contribution in [0.3, 0.4) is 0 Å². The molecule has 0 amide bonds. The highest BCUT2D eigenvalue weighted by Crippen LogP contribution is 2.12. The minimum atomic E-state index is 0.113. The average Bonchev–Trinajstić information content (AvgIpc) is 2.74. The van der Waals surface area contributed by atoms with E-state index >= 15 is 0 Å². The first-order chi connectivity index (χ1) is 14.3. The molecule has 0 aliphatic rings. The Hall–Kier alpha value is -4.26. The van der Waals surface area contributed by atoms with Gasteiger partial charge in [-0.15, -0.1) is 0 Å².